The Morgan fingerprint density at radius 1 is 1.00 bits per heavy atom. The predicted octanol–water partition coefficient (Wildman–Crippen LogP) is 4.73. The molecule has 2 aromatic rings. The molecule has 162 valence electrons. The Bertz CT molecular complexity index is 919. The molecule has 0 aromatic heterocycles. The monoisotopic (exact) mass is 430 g/mol. The minimum Gasteiger partial charge on any atom is -0.494 e. The molecule has 0 heterocycles. The summed E-state index contributed by atoms with van der Waals surface area (Å²) in [6, 6.07) is 13.2. The third-order valence-corrected chi connectivity index (χ3v) is 6.77. The number of anilines is 1. The van der Waals surface area contributed by atoms with Gasteiger partial charge in [0.25, 0.3) is 5.91 Å². The van der Waals surface area contributed by atoms with E-state index in [1.54, 1.807) is 36.4 Å². The van der Waals surface area contributed by atoms with Crippen molar-refractivity contribution < 1.29 is 17.9 Å². The predicted molar refractivity (Wildman–Crippen MR) is 118 cm³/mol. The maximum Gasteiger partial charge on any atom is 0.255 e. The van der Waals surface area contributed by atoms with Crippen LogP contribution in [0.25, 0.3) is 0 Å². The summed E-state index contributed by atoms with van der Waals surface area (Å²) in [5, 5.41) is 2.80. The number of carbonyl (C=O) groups is 1. The Morgan fingerprint density at radius 3 is 2.30 bits per heavy atom. The lowest BCUT2D eigenvalue weighted by Gasteiger charge is -2.22. The van der Waals surface area contributed by atoms with Gasteiger partial charge in [0.2, 0.25) is 10.0 Å². The lowest BCUT2D eigenvalue weighted by molar-refractivity contribution is 0.102. The van der Waals surface area contributed by atoms with E-state index < -0.39 is 10.0 Å². The average molecular weight is 431 g/mol. The third-order valence-electron chi connectivity index (χ3n) is 5.23. The normalized spacial score (nSPS) is 15.0. The van der Waals surface area contributed by atoms with Crippen molar-refractivity contribution >= 4 is 21.6 Å². The third kappa shape index (κ3) is 6.31. The van der Waals surface area contributed by atoms with Gasteiger partial charge in [0.15, 0.2) is 0 Å². The molecule has 0 unspecified atom stereocenters. The van der Waals surface area contributed by atoms with Gasteiger partial charge in [-0.3, -0.25) is 4.79 Å². The Morgan fingerprint density at radius 2 is 1.67 bits per heavy atom. The average Bonchev–Trinajstić information content (AvgIpc) is 2.75. The van der Waals surface area contributed by atoms with Crippen molar-refractivity contribution in [2.24, 2.45) is 0 Å². The van der Waals surface area contributed by atoms with Crippen molar-refractivity contribution in [1.82, 2.24) is 4.72 Å². The molecule has 1 aliphatic carbocycles. The van der Waals surface area contributed by atoms with Gasteiger partial charge in [-0.2, -0.15) is 0 Å². The summed E-state index contributed by atoms with van der Waals surface area (Å²) in [7, 11) is -3.55. The standard InChI is InChI=1S/C23H30N2O4S/c1-2-3-17-29-21-13-9-18(10-14-21)23(26)24-19-11-15-22(16-12-19)30(27,28)25-20-7-5-4-6-8-20/h9-16,20,25H,2-8,17H2,1H3,(H,24,26). The number of hydrogen-bond acceptors (Lipinski definition) is 4. The van der Waals surface area contributed by atoms with Crippen LogP contribution in [0.3, 0.4) is 0 Å². The number of unbranched alkanes of at least 4 members (excludes halogenated alkanes) is 1. The lowest BCUT2D eigenvalue weighted by atomic mass is 9.96. The number of hydrogen-bond donors (Lipinski definition) is 2. The summed E-state index contributed by atoms with van der Waals surface area (Å²) in [4.78, 5) is 12.7. The molecule has 2 N–H and O–H groups in total. The van der Waals surface area contributed by atoms with E-state index in [-0.39, 0.29) is 16.8 Å². The summed E-state index contributed by atoms with van der Waals surface area (Å²) in [5.41, 5.74) is 1.05. The first kappa shape index (κ1) is 22.3. The molecule has 0 radical (unpaired) electrons. The van der Waals surface area contributed by atoms with Crippen molar-refractivity contribution in [2.75, 3.05) is 11.9 Å². The molecule has 1 fully saturated rings. The molecule has 0 atom stereocenters. The molecule has 0 saturated heterocycles. The van der Waals surface area contributed by atoms with E-state index in [9.17, 15) is 13.2 Å². The molecular formula is C23H30N2O4S. The van der Waals surface area contributed by atoms with Crippen LogP contribution in [0.2, 0.25) is 0 Å². The fourth-order valence-electron chi connectivity index (χ4n) is 3.47. The van der Waals surface area contributed by atoms with Gasteiger partial charge in [-0.25, -0.2) is 13.1 Å². The number of ether oxygens (including phenoxy) is 1. The van der Waals surface area contributed by atoms with E-state index in [2.05, 4.69) is 17.0 Å². The van der Waals surface area contributed by atoms with Crippen LogP contribution in [0, 0.1) is 0 Å². The molecule has 0 aliphatic heterocycles. The van der Waals surface area contributed by atoms with Crippen molar-refractivity contribution in [3.8, 4) is 5.75 Å². The number of nitrogens with one attached hydrogen (secondary N) is 2. The molecule has 6 nitrogen and oxygen atoms in total. The van der Waals surface area contributed by atoms with E-state index >= 15 is 0 Å². The van der Waals surface area contributed by atoms with Crippen LogP contribution < -0.4 is 14.8 Å². The SMILES string of the molecule is CCCCOc1ccc(C(=O)Nc2ccc(S(=O)(=O)NC3CCCCC3)cc2)cc1. The summed E-state index contributed by atoms with van der Waals surface area (Å²) in [5.74, 6) is 0.478. The smallest absolute Gasteiger partial charge is 0.255 e. The van der Waals surface area contributed by atoms with E-state index in [1.807, 2.05) is 0 Å². The van der Waals surface area contributed by atoms with Gasteiger partial charge >= 0.3 is 0 Å². The van der Waals surface area contributed by atoms with E-state index in [4.69, 9.17) is 4.74 Å². The van der Waals surface area contributed by atoms with E-state index in [0.717, 1.165) is 44.3 Å². The molecule has 1 aliphatic rings. The van der Waals surface area contributed by atoms with Crippen LogP contribution in [-0.2, 0) is 10.0 Å². The Kier molecular flexibility index (Phi) is 7.87. The largest absolute Gasteiger partial charge is 0.494 e. The van der Waals surface area contributed by atoms with Crippen LogP contribution in [0.5, 0.6) is 5.75 Å². The molecule has 2 aromatic carbocycles. The number of rotatable bonds is 9. The van der Waals surface area contributed by atoms with Crippen molar-refractivity contribution in [3.63, 3.8) is 0 Å². The number of benzene rings is 2. The van der Waals surface area contributed by atoms with E-state index in [1.165, 1.54) is 18.6 Å². The van der Waals surface area contributed by atoms with Crippen LogP contribution in [-0.4, -0.2) is 27.0 Å². The second-order valence-corrected chi connectivity index (χ2v) is 9.38. The molecule has 1 saturated carbocycles. The highest BCUT2D eigenvalue weighted by Crippen LogP contribution is 2.21. The van der Waals surface area contributed by atoms with Gasteiger partial charge in [-0.1, -0.05) is 32.6 Å². The highest BCUT2D eigenvalue weighted by molar-refractivity contribution is 7.89. The highest BCUT2D eigenvalue weighted by Gasteiger charge is 2.21. The maximum absolute atomic E-state index is 12.6. The van der Waals surface area contributed by atoms with E-state index in [0.29, 0.717) is 17.9 Å². The Balaban J connectivity index is 1.57. The molecule has 0 bridgehead atoms. The summed E-state index contributed by atoms with van der Waals surface area (Å²) < 4.78 is 33.5. The van der Waals surface area contributed by atoms with Gasteiger partial charge in [0.1, 0.15) is 5.75 Å². The topological polar surface area (TPSA) is 84.5 Å². The van der Waals surface area contributed by atoms with Crippen molar-refractivity contribution in [2.45, 2.75) is 62.8 Å². The first-order valence-electron chi connectivity index (χ1n) is 10.6. The summed E-state index contributed by atoms with van der Waals surface area (Å²) >= 11 is 0. The van der Waals surface area contributed by atoms with Crippen LogP contribution in [0.4, 0.5) is 5.69 Å². The van der Waals surface area contributed by atoms with Gasteiger partial charge in [0.05, 0.1) is 11.5 Å². The fourth-order valence-corrected chi connectivity index (χ4v) is 4.77. The minimum atomic E-state index is -3.55. The first-order valence-corrected chi connectivity index (χ1v) is 12.1. The van der Waals surface area contributed by atoms with Gasteiger partial charge < -0.3 is 10.1 Å². The molecular weight excluding hydrogens is 400 g/mol. The number of amides is 1. The Hall–Kier alpha value is -2.38. The van der Waals surface area contributed by atoms with Crippen LogP contribution in [0.15, 0.2) is 53.4 Å². The van der Waals surface area contributed by atoms with Gasteiger partial charge in [-0.15, -0.1) is 0 Å². The van der Waals surface area contributed by atoms with Gasteiger partial charge in [0, 0.05) is 17.3 Å². The fraction of sp³-hybridized carbons (Fsp3) is 0.435. The molecule has 30 heavy (non-hydrogen) atoms. The molecule has 7 heteroatoms. The first-order chi connectivity index (χ1) is 14.5. The second kappa shape index (κ2) is 10.6. The zero-order valence-electron chi connectivity index (χ0n) is 17.4. The zero-order chi connectivity index (χ0) is 21.4. The zero-order valence-corrected chi connectivity index (χ0v) is 18.2. The quantitative estimate of drug-likeness (QED) is 0.563. The Labute approximate surface area is 179 Å². The maximum atomic E-state index is 12.6. The minimum absolute atomic E-state index is 0.0112. The highest BCUT2D eigenvalue weighted by atomic mass is 32.2. The number of carbonyl (C=O) groups excluding carboxylic acids is 1. The molecule has 3 rings (SSSR count). The van der Waals surface area contributed by atoms with Gasteiger partial charge in [-0.05, 0) is 67.8 Å². The van der Waals surface area contributed by atoms with Crippen molar-refractivity contribution in [3.05, 3.63) is 54.1 Å². The van der Waals surface area contributed by atoms with Crippen LogP contribution in [0.1, 0.15) is 62.2 Å². The second-order valence-electron chi connectivity index (χ2n) is 7.66. The number of sulfonamides is 1. The van der Waals surface area contributed by atoms with Crippen molar-refractivity contribution in [1.29, 1.82) is 0 Å². The van der Waals surface area contributed by atoms with Crippen LogP contribution >= 0.6 is 0 Å². The summed E-state index contributed by atoms with van der Waals surface area (Å²) in [6.45, 7) is 2.76. The molecule has 0 spiro atoms. The molecule has 1 amide bonds. The summed E-state index contributed by atoms with van der Waals surface area (Å²) in [6.07, 6.45) is 7.11. The lowest BCUT2D eigenvalue weighted by Crippen LogP contribution is -2.36.